The molecule has 2 heterocycles. The van der Waals surface area contributed by atoms with Crippen LogP contribution in [0.5, 0.6) is 0 Å². The zero-order valence-corrected chi connectivity index (χ0v) is 11.8. The van der Waals surface area contributed by atoms with E-state index in [2.05, 4.69) is 15.3 Å². The third-order valence-electron chi connectivity index (χ3n) is 4.29. The van der Waals surface area contributed by atoms with Gasteiger partial charge in [-0.05, 0) is 31.2 Å². The fraction of sp³-hybridized carbons (Fsp3) is 0.667. The second-order valence-electron chi connectivity index (χ2n) is 5.83. The van der Waals surface area contributed by atoms with Crippen molar-refractivity contribution in [3.63, 3.8) is 0 Å². The first-order valence-electron chi connectivity index (χ1n) is 7.49. The average molecular weight is 275 g/mol. The van der Waals surface area contributed by atoms with Crippen molar-refractivity contribution in [2.24, 2.45) is 5.92 Å². The van der Waals surface area contributed by atoms with Crippen molar-refractivity contribution in [1.82, 2.24) is 9.97 Å². The molecular formula is C15H21N3O2. The van der Waals surface area contributed by atoms with Crippen molar-refractivity contribution in [2.45, 2.75) is 51.0 Å². The fourth-order valence-electron chi connectivity index (χ4n) is 3.05. The third-order valence-corrected chi connectivity index (χ3v) is 4.29. The predicted molar refractivity (Wildman–Crippen MR) is 75.4 cm³/mol. The maximum Gasteiger partial charge on any atom is 0.254 e. The molecule has 1 amide bonds. The van der Waals surface area contributed by atoms with Gasteiger partial charge in [0.2, 0.25) is 0 Å². The Morgan fingerprint density at radius 3 is 2.85 bits per heavy atom. The normalized spacial score (nSPS) is 26.9. The van der Waals surface area contributed by atoms with Crippen molar-refractivity contribution in [2.75, 3.05) is 11.9 Å². The van der Waals surface area contributed by atoms with Crippen LogP contribution in [0.15, 0.2) is 12.3 Å². The molecule has 5 nitrogen and oxygen atoms in total. The summed E-state index contributed by atoms with van der Waals surface area (Å²) in [7, 11) is 0. The Balaban J connectivity index is 1.67. The van der Waals surface area contributed by atoms with E-state index >= 15 is 0 Å². The predicted octanol–water partition coefficient (Wildman–Crippen LogP) is 2.50. The summed E-state index contributed by atoms with van der Waals surface area (Å²) < 4.78 is 5.47. The smallest absolute Gasteiger partial charge is 0.254 e. The molecule has 20 heavy (non-hydrogen) atoms. The molecule has 2 atom stereocenters. The maximum absolute atomic E-state index is 12.2. The minimum atomic E-state index is -0.347. The molecule has 2 fully saturated rings. The minimum absolute atomic E-state index is 0.0916. The number of nitrogens with zero attached hydrogens (tertiary/aromatic N) is 2. The second kappa shape index (κ2) is 5.87. The highest BCUT2D eigenvalue weighted by molar-refractivity contribution is 5.93. The van der Waals surface area contributed by atoms with Crippen molar-refractivity contribution in [3.05, 3.63) is 18.1 Å². The van der Waals surface area contributed by atoms with Crippen LogP contribution >= 0.6 is 0 Å². The highest BCUT2D eigenvalue weighted by Crippen LogP contribution is 2.32. The molecule has 1 N–H and O–H groups in total. The Hall–Kier alpha value is -1.49. The highest BCUT2D eigenvalue weighted by atomic mass is 16.5. The fourth-order valence-corrected chi connectivity index (χ4v) is 3.05. The molecule has 2 aliphatic rings. The Labute approximate surface area is 119 Å². The number of rotatable bonds is 3. The molecular weight excluding hydrogens is 254 g/mol. The van der Waals surface area contributed by atoms with Crippen LogP contribution in [0.25, 0.3) is 0 Å². The minimum Gasteiger partial charge on any atom is -0.368 e. The summed E-state index contributed by atoms with van der Waals surface area (Å²) in [5.41, 5.74) is 0. The Morgan fingerprint density at radius 2 is 2.15 bits per heavy atom. The molecule has 0 spiro atoms. The summed E-state index contributed by atoms with van der Waals surface area (Å²) in [6.45, 7) is 2.71. The quantitative estimate of drug-likeness (QED) is 0.920. The first-order chi connectivity index (χ1) is 9.74. The first-order valence-corrected chi connectivity index (χ1v) is 7.49. The highest BCUT2D eigenvalue weighted by Gasteiger charge is 2.31. The van der Waals surface area contributed by atoms with Gasteiger partial charge in [0.1, 0.15) is 17.7 Å². The molecule has 108 valence electrons. The van der Waals surface area contributed by atoms with Crippen LogP contribution < -0.4 is 5.32 Å². The van der Waals surface area contributed by atoms with Gasteiger partial charge in [0.05, 0.1) is 0 Å². The Morgan fingerprint density at radius 1 is 1.35 bits per heavy atom. The van der Waals surface area contributed by atoms with Gasteiger partial charge in [-0.25, -0.2) is 9.97 Å². The van der Waals surface area contributed by atoms with Crippen LogP contribution in [-0.2, 0) is 9.53 Å². The SMILES string of the molecule is CC1CCOC1C(=O)Nc1ccnc(C2CCCC2)n1. The van der Waals surface area contributed by atoms with E-state index in [4.69, 9.17) is 4.74 Å². The van der Waals surface area contributed by atoms with E-state index in [1.165, 1.54) is 12.8 Å². The zero-order chi connectivity index (χ0) is 13.9. The number of nitrogens with one attached hydrogen (secondary N) is 1. The largest absolute Gasteiger partial charge is 0.368 e. The topological polar surface area (TPSA) is 64.1 Å². The molecule has 3 rings (SSSR count). The van der Waals surface area contributed by atoms with Crippen molar-refractivity contribution >= 4 is 11.7 Å². The van der Waals surface area contributed by atoms with Crippen LogP contribution in [0.3, 0.4) is 0 Å². The van der Waals surface area contributed by atoms with E-state index in [0.717, 1.165) is 25.1 Å². The van der Waals surface area contributed by atoms with E-state index in [-0.39, 0.29) is 17.9 Å². The summed E-state index contributed by atoms with van der Waals surface area (Å²) in [6, 6.07) is 1.75. The lowest BCUT2D eigenvalue weighted by molar-refractivity contribution is -0.126. The number of carbonyl (C=O) groups is 1. The van der Waals surface area contributed by atoms with Gasteiger partial charge < -0.3 is 10.1 Å². The molecule has 1 saturated heterocycles. The van der Waals surface area contributed by atoms with Gasteiger partial charge in [-0.1, -0.05) is 19.8 Å². The summed E-state index contributed by atoms with van der Waals surface area (Å²) >= 11 is 0. The Kier molecular flexibility index (Phi) is 3.96. The monoisotopic (exact) mass is 275 g/mol. The van der Waals surface area contributed by atoms with Crippen LogP contribution in [0, 0.1) is 5.92 Å². The van der Waals surface area contributed by atoms with Crippen LogP contribution in [0.2, 0.25) is 0 Å². The number of ether oxygens (including phenoxy) is 1. The zero-order valence-electron chi connectivity index (χ0n) is 11.8. The standard InChI is InChI=1S/C15H21N3O2/c1-10-7-9-20-13(10)15(19)18-12-6-8-16-14(17-12)11-4-2-3-5-11/h6,8,10-11,13H,2-5,7,9H2,1H3,(H,16,17,18,19). The molecule has 1 aromatic rings. The van der Waals surface area contributed by atoms with Crippen molar-refractivity contribution in [1.29, 1.82) is 0 Å². The van der Waals surface area contributed by atoms with Crippen LogP contribution in [0.4, 0.5) is 5.82 Å². The van der Waals surface area contributed by atoms with Gasteiger partial charge in [0.25, 0.3) is 5.91 Å². The summed E-state index contributed by atoms with van der Waals surface area (Å²) in [6.07, 6.45) is 7.13. The summed E-state index contributed by atoms with van der Waals surface area (Å²) in [5.74, 6) is 2.08. The molecule has 2 unspecified atom stereocenters. The van der Waals surface area contributed by atoms with Crippen molar-refractivity contribution in [3.8, 4) is 0 Å². The third kappa shape index (κ3) is 2.82. The number of amides is 1. The second-order valence-corrected chi connectivity index (χ2v) is 5.83. The molecule has 1 aliphatic heterocycles. The van der Waals surface area contributed by atoms with E-state index in [1.807, 2.05) is 6.92 Å². The lowest BCUT2D eigenvalue weighted by atomic mass is 10.0. The number of hydrogen-bond donors (Lipinski definition) is 1. The van der Waals surface area contributed by atoms with Gasteiger partial charge in [0, 0.05) is 18.7 Å². The Bertz CT molecular complexity index is 486. The van der Waals surface area contributed by atoms with Gasteiger partial charge in [-0.2, -0.15) is 0 Å². The van der Waals surface area contributed by atoms with Crippen molar-refractivity contribution < 1.29 is 9.53 Å². The summed E-state index contributed by atoms with van der Waals surface area (Å²) in [4.78, 5) is 21.0. The van der Waals surface area contributed by atoms with Crippen LogP contribution in [-0.4, -0.2) is 28.6 Å². The summed E-state index contributed by atoms with van der Waals surface area (Å²) in [5, 5.41) is 2.86. The van der Waals surface area contributed by atoms with Crippen LogP contribution in [0.1, 0.15) is 50.8 Å². The number of anilines is 1. The van der Waals surface area contributed by atoms with E-state index in [9.17, 15) is 4.79 Å². The lowest BCUT2D eigenvalue weighted by Gasteiger charge is -2.15. The molecule has 0 bridgehead atoms. The van der Waals surface area contributed by atoms with Gasteiger partial charge in [-0.15, -0.1) is 0 Å². The van der Waals surface area contributed by atoms with Gasteiger partial charge >= 0.3 is 0 Å². The maximum atomic E-state index is 12.2. The molecule has 1 saturated carbocycles. The van der Waals surface area contributed by atoms with E-state index in [0.29, 0.717) is 18.3 Å². The first kappa shape index (κ1) is 13.5. The average Bonchev–Trinajstić information content (AvgIpc) is 3.09. The van der Waals surface area contributed by atoms with E-state index < -0.39 is 0 Å². The number of hydrogen-bond acceptors (Lipinski definition) is 4. The molecule has 1 aliphatic carbocycles. The molecule has 0 radical (unpaired) electrons. The molecule has 0 aromatic carbocycles. The lowest BCUT2D eigenvalue weighted by Crippen LogP contribution is -2.31. The van der Waals surface area contributed by atoms with Gasteiger partial charge in [0.15, 0.2) is 0 Å². The molecule has 5 heteroatoms. The molecule has 1 aromatic heterocycles. The van der Waals surface area contributed by atoms with E-state index in [1.54, 1.807) is 12.3 Å². The van der Waals surface area contributed by atoms with Gasteiger partial charge in [-0.3, -0.25) is 4.79 Å². The number of aromatic nitrogens is 2. The number of carbonyl (C=O) groups excluding carboxylic acids is 1.